The van der Waals surface area contributed by atoms with Crippen molar-refractivity contribution in [2.24, 2.45) is 0 Å². The standard InChI is InChI=1S/C20H22O4.C12H12O3.C8H12O2.C6H15N/c1-4-8-16(2)11-13-20(22)24-17(3)12-14-19(21)23-15-18-9-6-5-7-10-18;1-10(13)7-8-12(14)15-9-11-5-3-2-4-6-11;1-3-4-7(2)5-6-8(9)10;1-4-7(5-2)6-3/h5-11,13,17H,4,15H2,1-3H3;2-6,10,13H,9H2,1H3;4-6H,3H2,1-2H3,(H,9,10);4-6H2,1-3H3/b13-11+,16-8+;;6-5+,7-4+;/t17-;10-;;/m11../s1. The molecule has 0 heterocycles. The topological polar surface area (TPSA) is 140 Å². The molecule has 0 spiro atoms. The van der Waals surface area contributed by atoms with Crippen LogP contribution in [0.2, 0.25) is 0 Å². The van der Waals surface area contributed by atoms with Gasteiger partial charge in [0.05, 0.1) is 0 Å². The van der Waals surface area contributed by atoms with Gasteiger partial charge in [0.25, 0.3) is 0 Å². The number of carboxylic acid groups (broad SMARTS) is 1. The van der Waals surface area contributed by atoms with E-state index in [0.717, 1.165) is 41.2 Å². The first-order valence-electron chi connectivity index (χ1n) is 18.7. The summed E-state index contributed by atoms with van der Waals surface area (Å²) >= 11 is 0. The van der Waals surface area contributed by atoms with Crippen molar-refractivity contribution in [3.8, 4) is 23.7 Å². The van der Waals surface area contributed by atoms with Crippen LogP contribution in [0.25, 0.3) is 0 Å². The highest BCUT2D eigenvalue weighted by Gasteiger charge is 2.05. The third kappa shape index (κ3) is 34.1. The van der Waals surface area contributed by atoms with E-state index in [9.17, 15) is 19.2 Å². The molecule has 56 heavy (non-hydrogen) atoms. The molecule has 0 aliphatic heterocycles. The summed E-state index contributed by atoms with van der Waals surface area (Å²) in [4.78, 5) is 46.5. The molecule has 2 atom stereocenters. The van der Waals surface area contributed by atoms with E-state index in [2.05, 4.69) is 49.4 Å². The van der Waals surface area contributed by atoms with Crippen LogP contribution in [0.15, 0.2) is 108 Å². The number of carbonyl (C=O) groups excluding carboxylic acids is 3. The number of benzene rings is 2. The van der Waals surface area contributed by atoms with E-state index in [1.165, 1.54) is 32.6 Å². The van der Waals surface area contributed by atoms with Crippen LogP contribution in [-0.2, 0) is 46.6 Å². The molecule has 0 radical (unpaired) electrons. The second kappa shape index (κ2) is 35.0. The van der Waals surface area contributed by atoms with Crippen LogP contribution in [0, 0.1) is 23.7 Å². The van der Waals surface area contributed by atoms with Crippen molar-refractivity contribution < 1.29 is 43.6 Å². The quantitative estimate of drug-likeness (QED) is 0.0485. The average Bonchev–Trinajstić information content (AvgIpc) is 3.18. The van der Waals surface area contributed by atoms with Gasteiger partial charge < -0.3 is 29.3 Å². The van der Waals surface area contributed by atoms with Crippen molar-refractivity contribution in [3.05, 3.63) is 119 Å². The van der Waals surface area contributed by atoms with Crippen LogP contribution in [0.3, 0.4) is 0 Å². The number of esters is 3. The molecule has 304 valence electrons. The maximum absolute atomic E-state index is 11.6. The fourth-order valence-electron chi connectivity index (χ4n) is 3.94. The highest BCUT2D eigenvalue weighted by Crippen LogP contribution is 2.02. The minimum Gasteiger partial charge on any atom is -0.478 e. The second-order valence-electron chi connectivity index (χ2n) is 11.8. The SMILES string of the molecule is CC/C=C(C)/C=C/C(=O)O.CC/C=C(C)/C=C/C(=O)O[C@H](C)C#CC(=O)OCc1ccccc1.CCN(CC)CC.C[C@@H](O)C#CC(=O)OCc1ccccc1. The summed E-state index contributed by atoms with van der Waals surface area (Å²) in [5.41, 5.74) is 3.76. The first-order valence-corrected chi connectivity index (χ1v) is 18.7. The molecule has 0 unspecified atom stereocenters. The molecule has 0 amide bonds. The molecule has 0 fully saturated rings. The summed E-state index contributed by atoms with van der Waals surface area (Å²) < 4.78 is 14.9. The number of aliphatic hydroxyl groups excluding tert-OH is 1. The van der Waals surface area contributed by atoms with Crippen LogP contribution in [0.5, 0.6) is 0 Å². The number of aliphatic hydroxyl groups is 1. The van der Waals surface area contributed by atoms with Gasteiger partial charge in [0.2, 0.25) is 0 Å². The number of aliphatic carboxylic acids is 1. The number of nitrogens with zero attached hydrogens (tertiary/aromatic N) is 1. The highest BCUT2D eigenvalue weighted by atomic mass is 16.5. The van der Waals surface area contributed by atoms with E-state index in [1.54, 1.807) is 19.1 Å². The van der Waals surface area contributed by atoms with Crippen LogP contribution >= 0.6 is 0 Å². The van der Waals surface area contributed by atoms with E-state index in [0.29, 0.717) is 0 Å². The lowest BCUT2D eigenvalue weighted by Crippen LogP contribution is -2.21. The third-order valence-electron chi connectivity index (χ3n) is 6.84. The lowest BCUT2D eigenvalue weighted by atomic mass is 10.2. The van der Waals surface area contributed by atoms with Crippen molar-refractivity contribution in [3.63, 3.8) is 0 Å². The van der Waals surface area contributed by atoms with E-state index in [-0.39, 0.29) is 13.2 Å². The normalized spacial score (nSPS) is 11.7. The Balaban J connectivity index is 0. The van der Waals surface area contributed by atoms with Gasteiger partial charge in [-0.15, -0.1) is 0 Å². The molecule has 0 aliphatic rings. The first-order chi connectivity index (χ1) is 26.7. The molecular formula is C46H61NO9. The highest BCUT2D eigenvalue weighted by molar-refractivity contribution is 5.89. The predicted molar refractivity (Wildman–Crippen MR) is 223 cm³/mol. The zero-order chi connectivity index (χ0) is 42.6. The predicted octanol–water partition coefficient (Wildman–Crippen LogP) is 8.02. The Kier molecular flexibility index (Phi) is 32.8. The van der Waals surface area contributed by atoms with Crippen LogP contribution in [0.4, 0.5) is 0 Å². The Morgan fingerprint density at radius 1 is 0.661 bits per heavy atom. The molecule has 0 aromatic heterocycles. The smallest absolute Gasteiger partial charge is 0.384 e. The minimum absolute atomic E-state index is 0.161. The monoisotopic (exact) mass is 771 g/mol. The maximum atomic E-state index is 11.6. The molecule has 2 aromatic carbocycles. The van der Waals surface area contributed by atoms with Gasteiger partial charge in [-0.1, -0.05) is 137 Å². The molecular weight excluding hydrogens is 711 g/mol. The molecule has 2 aromatic rings. The van der Waals surface area contributed by atoms with E-state index < -0.39 is 36.1 Å². The van der Waals surface area contributed by atoms with Gasteiger partial charge >= 0.3 is 23.9 Å². The number of carboxylic acids is 1. The molecule has 0 saturated carbocycles. The lowest BCUT2D eigenvalue weighted by Gasteiger charge is -2.13. The van der Waals surface area contributed by atoms with Crippen molar-refractivity contribution in [2.45, 2.75) is 101 Å². The number of allylic oxidation sites excluding steroid dienone is 6. The zero-order valence-corrected chi connectivity index (χ0v) is 34.5. The number of carbonyl (C=O) groups is 4. The molecule has 0 aliphatic carbocycles. The van der Waals surface area contributed by atoms with Crippen molar-refractivity contribution in [2.75, 3.05) is 19.6 Å². The second-order valence-corrected chi connectivity index (χ2v) is 11.8. The maximum Gasteiger partial charge on any atom is 0.384 e. The molecule has 10 heteroatoms. The van der Waals surface area contributed by atoms with Gasteiger partial charge in [-0.25, -0.2) is 19.2 Å². The summed E-state index contributed by atoms with van der Waals surface area (Å²) in [6, 6.07) is 18.6. The average molecular weight is 772 g/mol. The van der Waals surface area contributed by atoms with E-state index >= 15 is 0 Å². The van der Waals surface area contributed by atoms with Crippen LogP contribution in [0.1, 0.15) is 86.3 Å². The minimum atomic E-state index is -0.899. The summed E-state index contributed by atoms with van der Waals surface area (Å²) in [5, 5.41) is 17.0. The van der Waals surface area contributed by atoms with Gasteiger partial charge in [-0.3, -0.25) is 0 Å². The van der Waals surface area contributed by atoms with Crippen molar-refractivity contribution in [1.29, 1.82) is 0 Å². The summed E-state index contributed by atoms with van der Waals surface area (Å²) in [6.07, 6.45) is 10.1. The Morgan fingerprint density at radius 2 is 1.07 bits per heavy atom. The van der Waals surface area contributed by atoms with Gasteiger partial charge in [0.1, 0.15) is 19.3 Å². The van der Waals surface area contributed by atoms with Gasteiger partial charge in [-0.05, 0) is 77.2 Å². The molecule has 10 nitrogen and oxygen atoms in total. The number of hydrogen-bond acceptors (Lipinski definition) is 9. The number of rotatable bonds is 14. The Morgan fingerprint density at radius 3 is 1.43 bits per heavy atom. The summed E-state index contributed by atoms with van der Waals surface area (Å²) in [5.74, 6) is 6.69. The zero-order valence-electron chi connectivity index (χ0n) is 34.5. The van der Waals surface area contributed by atoms with Crippen LogP contribution < -0.4 is 0 Å². The number of ether oxygens (including phenoxy) is 3. The lowest BCUT2D eigenvalue weighted by molar-refractivity contribution is -0.140. The van der Waals surface area contributed by atoms with Gasteiger partial charge in [-0.2, -0.15) is 0 Å². The Labute approximate surface area is 334 Å². The van der Waals surface area contributed by atoms with Gasteiger partial charge in [0, 0.05) is 24.0 Å². The van der Waals surface area contributed by atoms with E-state index in [1.807, 2.05) is 101 Å². The van der Waals surface area contributed by atoms with Crippen LogP contribution in [-0.4, -0.2) is 70.8 Å². The van der Waals surface area contributed by atoms with Crippen molar-refractivity contribution in [1.82, 2.24) is 4.90 Å². The Hall–Kier alpha value is -5.68. The van der Waals surface area contributed by atoms with Gasteiger partial charge in [0.15, 0.2) is 6.10 Å². The fourth-order valence-corrected chi connectivity index (χ4v) is 3.94. The Bertz CT molecular complexity index is 1640. The molecule has 2 N–H and O–H groups in total. The van der Waals surface area contributed by atoms with E-state index in [4.69, 9.17) is 24.4 Å². The molecule has 0 bridgehead atoms. The summed E-state index contributed by atoms with van der Waals surface area (Å²) in [7, 11) is 0. The summed E-state index contributed by atoms with van der Waals surface area (Å²) in [6.45, 7) is 21.4. The fraction of sp³-hybridized carbons (Fsp3) is 0.391. The molecule has 2 rings (SSSR count). The third-order valence-corrected chi connectivity index (χ3v) is 6.84. The number of hydrogen-bond donors (Lipinski definition) is 2. The first kappa shape index (κ1) is 52.4. The van der Waals surface area contributed by atoms with Crippen molar-refractivity contribution >= 4 is 23.9 Å². The largest absolute Gasteiger partial charge is 0.478 e. The molecule has 0 saturated heterocycles.